The number of hydrogen-bond donors (Lipinski definition) is 1. The van der Waals surface area contributed by atoms with Crippen molar-refractivity contribution in [2.24, 2.45) is 4.99 Å². The molecule has 0 aliphatic carbocycles. The van der Waals surface area contributed by atoms with Crippen molar-refractivity contribution in [2.75, 3.05) is 7.11 Å². The van der Waals surface area contributed by atoms with Crippen LogP contribution in [0.25, 0.3) is 33.4 Å². The van der Waals surface area contributed by atoms with E-state index in [1.807, 2.05) is 47.1 Å². The largest absolute Gasteiger partial charge is 0.497 e. The highest BCUT2D eigenvalue weighted by Gasteiger charge is 2.21. The van der Waals surface area contributed by atoms with E-state index >= 15 is 0 Å². The van der Waals surface area contributed by atoms with Crippen LogP contribution in [0.5, 0.6) is 5.75 Å². The number of aromatic nitrogens is 3. The molecule has 0 atom stereocenters. The van der Waals surface area contributed by atoms with Gasteiger partial charge in [0.15, 0.2) is 5.49 Å². The fraction of sp³-hybridized carbons (Fsp3) is 0.0690. The summed E-state index contributed by atoms with van der Waals surface area (Å²) in [6.45, 7) is 2.10. The number of H-pyrrole nitrogens is 1. The molecule has 1 N–H and O–H groups in total. The SMILES string of the molecule is COc1ccc(-c2c(-c3ccc(C)cc3)c(=Nc3ccc(Cl)cc3)n3[nH]c4ccccc4n23)cc1. The highest BCUT2D eigenvalue weighted by Crippen LogP contribution is 2.33. The summed E-state index contributed by atoms with van der Waals surface area (Å²) in [6, 6.07) is 32.6. The summed E-state index contributed by atoms with van der Waals surface area (Å²) in [5.74, 6) is 0.816. The fourth-order valence-electron chi connectivity index (χ4n) is 4.45. The zero-order chi connectivity index (χ0) is 23.9. The molecule has 0 spiro atoms. The van der Waals surface area contributed by atoms with Crippen LogP contribution in [-0.4, -0.2) is 21.4 Å². The highest BCUT2D eigenvalue weighted by molar-refractivity contribution is 6.30. The van der Waals surface area contributed by atoms with E-state index in [1.54, 1.807) is 7.11 Å². The molecule has 0 radical (unpaired) electrons. The molecule has 35 heavy (non-hydrogen) atoms. The van der Waals surface area contributed by atoms with Gasteiger partial charge in [0, 0.05) is 10.6 Å². The van der Waals surface area contributed by atoms with E-state index in [0.717, 1.165) is 50.3 Å². The molecule has 6 rings (SSSR count). The summed E-state index contributed by atoms with van der Waals surface area (Å²) in [7, 11) is 1.68. The van der Waals surface area contributed by atoms with E-state index in [4.69, 9.17) is 21.3 Å². The Morgan fingerprint density at radius 3 is 2.20 bits per heavy atom. The molecule has 0 saturated carbocycles. The standard InChI is InChI=1S/C29H23ClN4O/c1-19-7-9-20(10-8-19)27-28(21-11-17-24(35-2)18-12-21)33-26-6-4-3-5-25(26)32-34(33)29(27)31-23-15-13-22(30)14-16-23/h3-18,32H,1-2H3. The lowest BCUT2D eigenvalue weighted by molar-refractivity contribution is 0.415. The Balaban J connectivity index is 1.79. The Hall–Kier alpha value is -4.22. The molecule has 0 unspecified atom stereocenters. The molecular formula is C29H23ClN4O. The fourth-order valence-corrected chi connectivity index (χ4v) is 4.58. The van der Waals surface area contributed by atoms with Crippen molar-refractivity contribution in [3.8, 4) is 28.1 Å². The number of nitrogens with zero attached hydrogens (tertiary/aromatic N) is 3. The molecule has 2 aromatic heterocycles. The Kier molecular flexibility index (Phi) is 5.20. The number of aryl methyl sites for hydroxylation is 1. The van der Waals surface area contributed by atoms with Crippen molar-refractivity contribution in [3.05, 3.63) is 113 Å². The first-order valence-corrected chi connectivity index (χ1v) is 11.8. The molecule has 6 aromatic rings. The van der Waals surface area contributed by atoms with Gasteiger partial charge >= 0.3 is 0 Å². The maximum atomic E-state index is 6.15. The van der Waals surface area contributed by atoms with E-state index in [9.17, 15) is 0 Å². The van der Waals surface area contributed by atoms with Gasteiger partial charge in [-0.2, -0.15) is 4.63 Å². The maximum absolute atomic E-state index is 6.15. The lowest BCUT2D eigenvalue weighted by atomic mass is 10.00. The molecule has 0 saturated heterocycles. The van der Waals surface area contributed by atoms with Crippen molar-refractivity contribution in [1.29, 1.82) is 0 Å². The highest BCUT2D eigenvalue weighted by atomic mass is 35.5. The number of aromatic amines is 1. The smallest absolute Gasteiger partial charge is 0.181 e. The number of benzene rings is 4. The van der Waals surface area contributed by atoms with Crippen LogP contribution >= 0.6 is 11.6 Å². The minimum Gasteiger partial charge on any atom is -0.497 e. The van der Waals surface area contributed by atoms with E-state index in [-0.39, 0.29) is 0 Å². The second-order valence-corrected chi connectivity index (χ2v) is 8.92. The van der Waals surface area contributed by atoms with Crippen molar-refractivity contribution in [1.82, 2.24) is 14.2 Å². The first kappa shape index (κ1) is 21.3. The van der Waals surface area contributed by atoms with Crippen molar-refractivity contribution in [3.63, 3.8) is 0 Å². The molecule has 5 nitrogen and oxygen atoms in total. The maximum Gasteiger partial charge on any atom is 0.181 e. The third-order valence-corrected chi connectivity index (χ3v) is 6.45. The van der Waals surface area contributed by atoms with Crippen LogP contribution in [0.2, 0.25) is 5.02 Å². The van der Waals surface area contributed by atoms with E-state index < -0.39 is 0 Å². The number of methoxy groups -OCH3 is 1. The van der Waals surface area contributed by atoms with Gasteiger partial charge in [0.05, 0.1) is 35.1 Å². The third-order valence-electron chi connectivity index (χ3n) is 6.20. The number of rotatable bonds is 4. The van der Waals surface area contributed by atoms with Gasteiger partial charge in [-0.1, -0.05) is 53.6 Å². The summed E-state index contributed by atoms with van der Waals surface area (Å²) in [6.07, 6.45) is 0. The lowest BCUT2D eigenvalue weighted by Crippen LogP contribution is -2.14. The summed E-state index contributed by atoms with van der Waals surface area (Å²) < 4.78 is 9.64. The average Bonchev–Trinajstić information content (AvgIpc) is 3.41. The Labute approximate surface area is 207 Å². The Morgan fingerprint density at radius 1 is 0.800 bits per heavy atom. The van der Waals surface area contributed by atoms with Gasteiger partial charge in [0.2, 0.25) is 0 Å². The molecule has 172 valence electrons. The molecule has 0 aliphatic heterocycles. The first-order chi connectivity index (χ1) is 17.1. The van der Waals surface area contributed by atoms with Gasteiger partial charge in [-0.15, -0.1) is 0 Å². The molecule has 0 aliphatic rings. The van der Waals surface area contributed by atoms with Crippen LogP contribution in [0, 0.1) is 6.92 Å². The molecule has 0 fully saturated rings. The van der Waals surface area contributed by atoms with Gasteiger partial charge in [0.25, 0.3) is 0 Å². The zero-order valence-electron chi connectivity index (χ0n) is 19.4. The van der Waals surface area contributed by atoms with Crippen LogP contribution in [-0.2, 0) is 0 Å². The van der Waals surface area contributed by atoms with Crippen LogP contribution in [0.3, 0.4) is 0 Å². The normalized spacial score (nSPS) is 12.0. The van der Waals surface area contributed by atoms with Crippen molar-refractivity contribution in [2.45, 2.75) is 6.92 Å². The minimum absolute atomic E-state index is 0.682. The predicted molar refractivity (Wildman–Crippen MR) is 142 cm³/mol. The number of nitrogens with one attached hydrogen (secondary N) is 1. The van der Waals surface area contributed by atoms with Gasteiger partial charge < -0.3 is 4.74 Å². The summed E-state index contributed by atoms with van der Waals surface area (Å²) in [4.78, 5) is 5.11. The summed E-state index contributed by atoms with van der Waals surface area (Å²) in [5.41, 5.74) is 9.14. The number of fused-ring (bicyclic) bond motifs is 3. The first-order valence-electron chi connectivity index (χ1n) is 11.4. The number of ether oxygens (including phenoxy) is 1. The lowest BCUT2D eigenvalue weighted by Gasteiger charge is -2.08. The van der Waals surface area contributed by atoms with Gasteiger partial charge in [-0.05, 0) is 73.2 Å². The van der Waals surface area contributed by atoms with Crippen LogP contribution in [0.1, 0.15) is 5.56 Å². The van der Waals surface area contributed by atoms with Crippen LogP contribution in [0.4, 0.5) is 5.69 Å². The number of para-hydroxylation sites is 2. The molecule has 2 heterocycles. The second kappa shape index (κ2) is 8.53. The average molecular weight is 479 g/mol. The zero-order valence-corrected chi connectivity index (χ0v) is 20.1. The molecule has 6 heteroatoms. The van der Waals surface area contributed by atoms with Gasteiger partial charge in [0.1, 0.15) is 5.75 Å². The predicted octanol–water partition coefficient (Wildman–Crippen LogP) is 7.06. The Bertz CT molecular complexity index is 1720. The Morgan fingerprint density at radius 2 is 1.49 bits per heavy atom. The monoisotopic (exact) mass is 478 g/mol. The molecule has 4 aromatic carbocycles. The van der Waals surface area contributed by atoms with Crippen LogP contribution in [0.15, 0.2) is 102 Å². The molecule has 0 amide bonds. The van der Waals surface area contributed by atoms with Gasteiger partial charge in [-0.3, -0.25) is 5.10 Å². The minimum atomic E-state index is 0.682. The third kappa shape index (κ3) is 3.70. The van der Waals surface area contributed by atoms with E-state index in [2.05, 4.69) is 71.1 Å². The number of hydrogen-bond acceptors (Lipinski definition) is 2. The summed E-state index contributed by atoms with van der Waals surface area (Å²) >= 11 is 6.15. The molecular weight excluding hydrogens is 456 g/mol. The van der Waals surface area contributed by atoms with Crippen molar-refractivity contribution < 1.29 is 4.74 Å². The quantitative estimate of drug-likeness (QED) is 0.289. The molecule has 0 bridgehead atoms. The van der Waals surface area contributed by atoms with Crippen molar-refractivity contribution >= 4 is 28.3 Å². The second-order valence-electron chi connectivity index (χ2n) is 8.48. The van der Waals surface area contributed by atoms with E-state index in [0.29, 0.717) is 5.02 Å². The topological polar surface area (TPSA) is 46.2 Å². The van der Waals surface area contributed by atoms with E-state index in [1.165, 1.54) is 5.56 Å². The number of halogens is 1. The summed E-state index contributed by atoms with van der Waals surface area (Å²) in [5, 5.41) is 4.23. The van der Waals surface area contributed by atoms with Crippen LogP contribution < -0.4 is 10.2 Å². The van der Waals surface area contributed by atoms with Gasteiger partial charge in [-0.25, -0.2) is 9.51 Å².